The number of rotatable bonds is 3. The van der Waals surface area contributed by atoms with E-state index in [1.165, 1.54) is 38.5 Å². The fraction of sp³-hybridized carbons (Fsp3) is 0.692. The van der Waals surface area contributed by atoms with Gasteiger partial charge in [-0.1, -0.05) is 25.7 Å². The molecule has 1 N–H and O–H groups in total. The summed E-state index contributed by atoms with van der Waals surface area (Å²) in [4.78, 5) is 0. The minimum absolute atomic E-state index is 0.323. The quantitative estimate of drug-likeness (QED) is 0.768. The average Bonchev–Trinajstić information content (AvgIpc) is 2.65. The molecule has 1 heterocycles. The van der Waals surface area contributed by atoms with Gasteiger partial charge < -0.3 is 9.73 Å². The van der Waals surface area contributed by atoms with E-state index >= 15 is 0 Å². The molecule has 1 aliphatic carbocycles. The molecule has 84 valence electrons. The van der Waals surface area contributed by atoms with Crippen LogP contribution in [0.1, 0.15) is 51.2 Å². The van der Waals surface area contributed by atoms with Crippen LogP contribution >= 0.6 is 0 Å². The van der Waals surface area contributed by atoms with Gasteiger partial charge in [-0.25, -0.2) is 0 Å². The summed E-state index contributed by atoms with van der Waals surface area (Å²) in [5.74, 6) is 1.04. The van der Waals surface area contributed by atoms with E-state index in [2.05, 4.69) is 12.2 Å². The topological polar surface area (TPSA) is 25.2 Å². The molecule has 0 bridgehead atoms. The second-order valence-corrected chi connectivity index (χ2v) is 4.91. The minimum Gasteiger partial charge on any atom is -0.468 e. The van der Waals surface area contributed by atoms with E-state index < -0.39 is 0 Å². The SMILES string of the molecule is CC1(NCc2ccco2)CCCCCC1. The lowest BCUT2D eigenvalue weighted by Crippen LogP contribution is -2.41. The molecule has 0 atom stereocenters. The zero-order chi connectivity index (χ0) is 10.6. The largest absolute Gasteiger partial charge is 0.468 e. The van der Waals surface area contributed by atoms with Crippen LogP contribution in [0, 0.1) is 0 Å². The molecule has 0 amide bonds. The van der Waals surface area contributed by atoms with Crippen LogP contribution in [0.5, 0.6) is 0 Å². The van der Waals surface area contributed by atoms with Crippen LogP contribution in [0.25, 0.3) is 0 Å². The molecular formula is C13H21NO. The Balaban J connectivity index is 1.86. The molecule has 2 nitrogen and oxygen atoms in total. The molecular weight excluding hydrogens is 186 g/mol. The molecule has 0 unspecified atom stereocenters. The highest BCUT2D eigenvalue weighted by Crippen LogP contribution is 2.26. The van der Waals surface area contributed by atoms with Gasteiger partial charge >= 0.3 is 0 Å². The Kier molecular flexibility index (Phi) is 3.47. The van der Waals surface area contributed by atoms with Gasteiger partial charge in [-0.15, -0.1) is 0 Å². The Hall–Kier alpha value is -0.760. The predicted molar refractivity (Wildman–Crippen MR) is 61.7 cm³/mol. The molecule has 1 aliphatic rings. The first-order valence-electron chi connectivity index (χ1n) is 6.06. The van der Waals surface area contributed by atoms with Crippen LogP contribution in [-0.2, 0) is 6.54 Å². The van der Waals surface area contributed by atoms with Gasteiger partial charge in [0, 0.05) is 5.54 Å². The first-order chi connectivity index (χ1) is 7.29. The molecule has 15 heavy (non-hydrogen) atoms. The van der Waals surface area contributed by atoms with Crippen molar-refractivity contribution in [1.82, 2.24) is 5.32 Å². The van der Waals surface area contributed by atoms with Gasteiger partial charge in [0.2, 0.25) is 0 Å². The highest BCUT2D eigenvalue weighted by Gasteiger charge is 2.24. The van der Waals surface area contributed by atoms with Gasteiger partial charge in [0.25, 0.3) is 0 Å². The van der Waals surface area contributed by atoms with E-state index in [1.807, 2.05) is 12.1 Å². The summed E-state index contributed by atoms with van der Waals surface area (Å²) >= 11 is 0. The molecule has 0 radical (unpaired) electrons. The summed E-state index contributed by atoms with van der Waals surface area (Å²) < 4.78 is 5.34. The van der Waals surface area contributed by atoms with Gasteiger partial charge in [0.05, 0.1) is 12.8 Å². The van der Waals surface area contributed by atoms with Crippen molar-refractivity contribution in [3.05, 3.63) is 24.2 Å². The smallest absolute Gasteiger partial charge is 0.117 e. The maximum Gasteiger partial charge on any atom is 0.117 e. The zero-order valence-electron chi connectivity index (χ0n) is 9.59. The Morgan fingerprint density at radius 1 is 1.27 bits per heavy atom. The molecule has 2 heteroatoms. The lowest BCUT2D eigenvalue weighted by atomic mass is 9.92. The van der Waals surface area contributed by atoms with E-state index in [-0.39, 0.29) is 0 Å². The van der Waals surface area contributed by atoms with Gasteiger partial charge in [0.1, 0.15) is 5.76 Å². The Bertz CT molecular complexity index is 271. The van der Waals surface area contributed by atoms with E-state index in [1.54, 1.807) is 6.26 Å². The number of hydrogen-bond donors (Lipinski definition) is 1. The molecule has 0 aromatic carbocycles. The molecule has 0 spiro atoms. The van der Waals surface area contributed by atoms with Crippen LogP contribution < -0.4 is 5.32 Å². The first-order valence-corrected chi connectivity index (χ1v) is 6.06. The van der Waals surface area contributed by atoms with Crippen molar-refractivity contribution in [2.75, 3.05) is 0 Å². The zero-order valence-corrected chi connectivity index (χ0v) is 9.59. The fourth-order valence-corrected chi connectivity index (χ4v) is 2.40. The van der Waals surface area contributed by atoms with Crippen molar-refractivity contribution in [2.45, 2.75) is 57.5 Å². The van der Waals surface area contributed by atoms with Gasteiger partial charge in [-0.2, -0.15) is 0 Å². The number of hydrogen-bond acceptors (Lipinski definition) is 2. The number of nitrogens with one attached hydrogen (secondary N) is 1. The molecule has 1 aromatic heterocycles. The summed E-state index contributed by atoms with van der Waals surface area (Å²) in [5.41, 5.74) is 0.323. The third-order valence-electron chi connectivity index (χ3n) is 3.48. The lowest BCUT2D eigenvalue weighted by molar-refractivity contribution is 0.298. The van der Waals surface area contributed by atoms with Crippen molar-refractivity contribution >= 4 is 0 Å². The van der Waals surface area contributed by atoms with Gasteiger partial charge in [0.15, 0.2) is 0 Å². The highest BCUT2D eigenvalue weighted by atomic mass is 16.3. The van der Waals surface area contributed by atoms with Crippen LogP contribution in [-0.4, -0.2) is 5.54 Å². The minimum atomic E-state index is 0.323. The maximum atomic E-state index is 5.34. The molecule has 0 aliphatic heterocycles. The van der Waals surface area contributed by atoms with Crippen molar-refractivity contribution in [3.8, 4) is 0 Å². The van der Waals surface area contributed by atoms with E-state index in [0.717, 1.165) is 12.3 Å². The maximum absolute atomic E-state index is 5.34. The third kappa shape index (κ3) is 3.10. The molecule has 0 saturated heterocycles. The van der Waals surface area contributed by atoms with Crippen LogP contribution in [0.15, 0.2) is 22.8 Å². The van der Waals surface area contributed by atoms with Crippen molar-refractivity contribution in [1.29, 1.82) is 0 Å². The monoisotopic (exact) mass is 207 g/mol. The van der Waals surface area contributed by atoms with Crippen molar-refractivity contribution < 1.29 is 4.42 Å². The molecule has 1 saturated carbocycles. The number of furan rings is 1. The van der Waals surface area contributed by atoms with E-state index in [9.17, 15) is 0 Å². The Morgan fingerprint density at radius 3 is 2.60 bits per heavy atom. The van der Waals surface area contributed by atoms with Crippen LogP contribution in [0.4, 0.5) is 0 Å². The van der Waals surface area contributed by atoms with Crippen molar-refractivity contribution in [2.24, 2.45) is 0 Å². The molecule has 1 fully saturated rings. The lowest BCUT2D eigenvalue weighted by Gasteiger charge is -2.29. The first kappa shape index (κ1) is 10.7. The summed E-state index contributed by atoms with van der Waals surface area (Å²) in [7, 11) is 0. The third-order valence-corrected chi connectivity index (χ3v) is 3.48. The standard InChI is InChI=1S/C13H21NO/c1-13(8-4-2-3-5-9-13)14-11-12-7-6-10-15-12/h6-7,10,14H,2-5,8-9,11H2,1H3. The summed E-state index contributed by atoms with van der Waals surface area (Å²) in [6, 6.07) is 3.99. The fourth-order valence-electron chi connectivity index (χ4n) is 2.40. The van der Waals surface area contributed by atoms with Gasteiger partial charge in [-0.3, -0.25) is 0 Å². The normalized spacial score (nSPS) is 21.1. The van der Waals surface area contributed by atoms with Crippen LogP contribution in [0.2, 0.25) is 0 Å². The predicted octanol–water partition coefficient (Wildman–Crippen LogP) is 3.48. The Morgan fingerprint density at radius 2 is 2.00 bits per heavy atom. The second-order valence-electron chi connectivity index (χ2n) is 4.91. The second kappa shape index (κ2) is 4.84. The van der Waals surface area contributed by atoms with E-state index in [0.29, 0.717) is 5.54 Å². The average molecular weight is 207 g/mol. The van der Waals surface area contributed by atoms with Crippen LogP contribution in [0.3, 0.4) is 0 Å². The van der Waals surface area contributed by atoms with E-state index in [4.69, 9.17) is 4.42 Å². The van der Waals surface area contributed by atoms with Crippen molar-refractivity contribution in [3.63, 3.8) is 0 Å². The highest BCUT2D eigenvalue weighted by molar-refractivity contribution is 4.99. The van der Waals surface area contributed by atoms with Gasteiger partial charge in [-0.05, 0) is 31.9 Å². The summed E-state index contributed by atoms with van der Waals surface area (Å²) in [6.07, 6.45) is 9.87. The Labute approximate surface area is 92.1 Å². The summed E-state index contributed by atoms with van der Waals surface area (Å²) in [5, 5.41) is 3.65. The molecule has 1 aromatic rings. The molecule has 2 rings (SSSR count). The summed E-state index contributed by atoms with van der Waals surface area (Å²) in [6.45, 7) is 3.21.